The summed E-state index contributed by atoms with van der Waals surface area (Å²) in [5, 5.41) is 26.1. The molecule has 0 aliphatic rings. The third-order valence-electron chi connectivity index (χ3n) is 3.13. The quantitative estimate of drug-likeness (QED) is 0.582. The van der Waals surface area contributed by atoms with Crippen molar-refractivity contribution in [2.75, 3.05) is 0 Å². The summed E-state index contributed by atoms with van der Waals surface area (Å²) >= 11 is -0.00286. The standard InChI is InChI=1S/C14H18N4O4Se/c1-9-11(7-17(15-9)5-3-13(19)20)23-12-8-18(16-10(12)2)6-4-14(21)22/h7-8H,3-6H2,1-2H3,(H,19,20)(H,21,22). The van der Waals surface area contributed by atoms with Gasteiger partial charge in [0.05, 0.1) is 0 Å². The number of aryl methyl sites for hydroxylation is 4. The van der Waals surface area contributed by atoms with Crippen LogP contribution in [0.4, 0.5) is 0 Å². The van der Waals surface area contributed by atoms with Gasteiger partial charge in [0.1, 0.15) is 0 Å². The van der Waals surface area contributed by atoms with E-state index in [4.69, 9.17) is 10.2 Å². The van der Waals surface area contributed by atoms with Gasteiger partial charge in [0, 0.05) is 0 Å². The van der Waals surface area contributed by atoms with E-state index in [1.165, 1.54) is 0 Å². The van der Waals surface area contributed by atoms with E-state index in [-0.39, 0.29) is 27.8 Å². The molecule has 2 N–H and O–H groups in total. The van der Waals surface area contributed by atoms with Gasteiger partial charge in [-0.15, -0.1) is 0 Å². The van der Waals surface area contributed by atoms with E-state index in [9.17, 15) is 9.59 Å². The van der Waals surface area contributed by atoms with E-state index in [2.05, 4.69) is 10.2 Å². The van der Waals surface area contributed by atoms with Crippen molar-refractivity contribution in [3.63, 3.8) is 0 Å². The predicted molar refractivity (Wildman–Crippen MR) is 83.5 cm³/mol. The fourth-order valence-corrected chi connectivity index (χ4v) is 3.99. The maximum atomic E-state index is 10.6. The van der Waals surface area contributed by atoms with E-state index in [0.29, 0.717) is 13.1 Å². The summed E-state index contributed by atoms with van der Waals surface area (Å²) in [6.45, 7) is 4.50. The Bertz CT molecular complexity index is 662. The number of hydrogen-bond donors (Lipinski definition) is 2. The van der Waals surface area contributed by atoms with Crippen LogP contribution >= 0.6 is 0 Å². The molecular weight excluding hydrogens is 367 g/mol. The van der Waals surface area contributed by atoms with E-state index in [1.54, 1.807) is 9.36 Å². The Labute approximate surface area is 139 Å². The minimum absolute atomic E-state index is 0.00286. The van der Waals surface area contributed by atoms with Crippen LogP contribution in [0.25, 0.3) is 0 Å². The van der Waals surface area contributed by atoms with E-state index in [0.717, 1.165) is 20.3 Å². The summed E-state index contributed by atoms with van der Waals surface area (Å²) in [5.74, 6) is -1.69. The van der Waals surface area contributed by atoms with E-state index in [1.807, 2.05) is 26.2 Å². The first-order chi connectivity index (χ1) is 10.8. The van der Waals surface area contributed by atoms with Crippen LogP contribution in [0.2, 0.25) is 0 Å². The zero-order chi connectivity index (χ0) is 17.0. The van der Waals surface area contributed by atoms with Gasteiger partial charge in [-0.2, -0.15) is 0 Å². The van der Waals surface area contributed by atoms with Crippen molar-refractivity contribution in [2.24, 2.45) is 0 Å². The van der Waals surface area contributed by atoms with Gasteiger partial charge in [0.15, 0.2) is 0 Å². The Morgan fingerprint density at radius 2 is 1.35 bits per heavy atom. The molecule has 0 unspecified atom stereocenters. The van der Waals surface area contributed by atoms with Crippen LogP contribution in [0.3, 0.4) is 0 Å². The number of aromatic nitrogens is 4. The van der Waals surface area contributed by atoms with Gasteiger partial charge in [-0.1, -0.05) is 0 Å². The maximum absolute atomic E-state index is 10.6. The molecule has 0 bridgehead atoms. The van der Waals surface area contributed by atoms with Crippen LogP contribution in [0.15, 0.2) is 12.4 Å². The molecule has 2 aromatic heterocycles. The van der Waals surface area contributed by atoms with Crippen molar-refractivity contribution in [2.45, 2.75) is 39.8 Å². The first-order valence-electron chi connectivity index (χ1n) is 7.04. The fourth-order valence-electron chi connectivity index (χ4n) is 1.97. The minimum atomic E-state index is -0.847. The summed E-state index contributed by atoms with van der Waals surface area (Å²) in [4.78, 5) is 21.2. The number of carboxylic acids is 2. The van der Waals surface area contributed by atoms with Crippen molar-refractivity contribution in [1.29, 1.82) is 0 Å². The molecule has 2 aromatic rings. The van der Waals surface area contributed by atoms with Gasteiger partial charge in [-0.25, -0.2) is 0 Å². The second kappa shape index (κ2) is 7.43. The van der Waals surface area contributed by atoms with Crippen LogP contribution in [0.1, 0.15) is 24.2 Å². The number of carboxylic acid groups (broad SMARTS) is 2. The normalized spacial score (nSPS) is 10.9. The van der Waals surface area contributed by atoms with Gasteiger partial charge in [0.2, 0.25) is 0 Å². The molecule has 23 heavy (non-hydrogen) atoms. The topological polar surface area (TPSA) is 110 Å². The SMILES string of the molecule is Cc1nn(CCC(=O)O)cc1[Se]c1cn(CCC(=O)O)nc1C. The Morgan fingerprint density at radius 3 is 1.70 bits per heavy atom. The molecule has 0 spiro atoms. The first kappa shape index (κ1) is 17.2. The van der Waals surface area contributed by atoms with Crippen LogP contribution in [-0.2, 0) is 22.7 Å². The predicted octanol–water partition coefficient (Wildman–Crippen LogP) is -0.699. The Morgan fingerprint density at radius 1 is 0.957 bits per heavy atom. The second-order valence-corrected chi connectivity index (χ2v) is 7.35. The van der Waals surface area contributed by atoms with Gasteiger partial charge in [0.25, 0.3) is 0 Å². The van der Waals surface area contributed by atoms with Crippen LogP contribution in [0, 0.1) is 13.8 Å². The number of rotatable bonds is 8. The molecule has 0 saturated heterocycles. The van der Waals surface area contributed by atoms with Crippen molar-refractivity contribution in [3.05, 3.63) is 23.8 Å². The Balaban J connectivity index is 2.06. The molecule has 0 radical (unpaired) electrons. The fraction of sp³-hybridized carbons (Fsp3) is 0.429. The summed E-state index contributed by atoms with van der Waals surface area (Å²) in [5.41, 5.74) is 1.76. The molecule has 9 heteroatoms. The zero-order valence-corrected chi connectivity index (χ0v) is 14.6. The van der Waals surface area contributed by atoms with Crippen molar-refractivity contribution in [3.8, 4) is 0 Å². The summed E-state index contributed by atoms with van der Waals surface area (Å²) in [7, 11) is 0. The molecule has 0 aromatic carbocycles. The van der Waals surface area contributed by atoms with Crippen molar-refractivity contribution >= 4 is 35.8 Å². The van der Waals surface area contributed by atoms with Gasteiger partial charge in [-0.05, 0) is 0 Å². The molecule has 0 atom stereocenters. The zero-order valence-electron chi connectivity index (χ0n) is 12.9. The monoisotopic (exact) mass is 386 g/mol. The summed E-state index contributed by atoms with van der Waals surface area (Å²) in [6, 6.07) is 0. The van der Waals surface area contributed by atoms with E-state index >= 15 is 0 Å². The molecule has 124 valence electrons. The second-order valence-electron chi connectivity index (χ2n) is 5.07. The molecule has 2 rings (SSSR count). The Kier molecular flexibility index (Phi) is 5.57. The van der Waals surface area contributed by atoms with Crippen LogP contribution < -0.4 is 8.92 Å². The third-order valence-corrected chi connectivity index (χ3v) is 5.74. The van der Waals surface area contributed by atoms with Gasteiger partial charge >= 0.3 is 139 Å². The van der Waals surface area contributed by atoms with Gasteiger partial charge in [-0.3, -0.25) is 0 Å². The third kappa shape index (κ3) is 4.94. The van der Waals surface area contributed by atoms with Crippen LogP contribution in [-0.4, -0.2) is 56.7 Å². The molecule has 2 heterocycles. The first-order valence-corrected chi connectivity index (χ1v) is 8.76. The molecule has 0 amide bonds. The Hall–Kier alpha value is -2.12. The number of nitrogens with zero attached hydrogens (tertiary/aromatic N) is 4. The summed E-state index contributed by atoms with van der Waals surface area (Å²) in [6.07, 6.45) is 3.85. The molecule has 0 aliphatic heterocycles. The number of carbonyl (C=O) groups is 2. The van der Waals surface area contributed by atoms with E-state index < -0.39 is 11.9 Å². The van der Waals surface area contributed by atoms with Gasteiger partial charge < -0.3 is 0 Å². The number of aliphatic carboxylic acids is 2. The summed E-state index contributed by atoms with van der Waals surface area (Å²) < 4.78 is 5.46. The molecule has 8 nitrogen and oxygen atoms in total. The molecule has 0 aliphatic carbocycles. The average molecular weight is 385 g/mol. The van der Waals surface area contributed by atoms with Crippen molar-refractivity contribution < 1.29 is 19.8 Å². The average Bonchev–Trinajstić information content (AvgIpc) is 2.99. The number of hydrogen-bond acceptors (Lipinski definition) is 4. The molecule has 0 fully saturated rings. The molecule has 0 saturated carbocycles. The van der Waals surface area contributed by atoms with Crippen LogP contribution in [0.5, 0.6) is 0 Å². The molecular formula is C14H18N4O4Se. The van der Waals surface area contributed by atoms with Crippen molar-refractivity contribution in [1.82, 2.24) is 19.6 Å².